The summed E-state index contributed by atoms with van der Waals surface area (Å²) in [4.78, 5) is 11.7. The molecule has 1 fully saturated rings. The van der Waals surface area contributed by atoms with Gasteiger partial charge in [-0.15, -0.1) is 0 Å². The lowest BCUT2D eigenvalue weighted by Gasteiger charge is -2.39. The summed E-state index contributed by atoms with van der Waals surface area (Å²) in [5.74, 6) is 1.38. The van der Waals surface area contributed by atoms with Crippen molar-refractivity contribution in [1.29, 1.82) is 0 Å². The lowest BCUT2D eigenvalue weighted by atomic mass is 9.80. The van der Waals surface area contributed by atoms with Crippen LogP contribution in [0.25, 0.3) is 22.0 Å². The molecule has 0 atom stereocenters. The van der Waals surface area contributed by atoms with E-state index in [9.17, 15) is 0 Å². The summed E-state index contributed by atoms with van der Waals surface area (Å²) < 4.78 is 5.71. The molecule has 1 aromatic carbocycles. The van der Waals surface area contributed by atoms with Crippen LogP contribution in [0.15, 0.2) is 34.9 Å². The Morgan fingerprint density at radius 1 is 1.21 bits per heavy atom. The second-order valence-electron chi connectivity index (χ2n) is 8.21. The lowest BCUT2D eigenvalue weighted by Crippen LogP contribution is -2.42. The molecule has 4 heterocycles. The van der Waals surface area contributed by atoms with Crippen molar-refractivity contribution in [3.8, 4) is 0 Å². The highest BCUT2D eigenvalue weighted by Crippen LogP contribution is 2.35. The van der Waals surface area contributed by atoms with Gasteiger partial charge in [0.2, 0.25) is 5.95 Å². The Bertz CT molecular complexity index is 1170. The van der Waals surface area contributed by atoms with E-state index in [0.717, 1.165) is 65.1 Å². The first-order valence-corrected chi connectivity index (χ1v) is 9.97. The van der Waals surface area contributed by atoms with Crippen molar-refractivity contribution in [3.05, 3.63) is 36.2 Å². The van der Waals surface area contributed by atoms with E-state index < -0.39 is 0 Å². The zero-order valence-electron chi connectivity index (χ0n) is 16.7. The van der Waals surface area contributed by atoms with Gasteiger partial charge in [0.05, 0.1) is 11.8 Å². The number of hydrogen-bond donors (Lipinski definition) is 3. The van der Waals surface area contributed by atoms with Crippen LogP contribution in [0.5, 0.6) is 0 Å². The van der Waals surface area contributed by atoms with E-state index in [1.807, 2.05) is 31.2 Å². The molecule has 0 amide bonds. The summed E-state index contributed by atoms with van der Waals surface area (Å²) in [5.41, 5.74) is 10.5. The molecule has 3 aromatic heterocycles. The van der Waals surface area contributed by atoms with E-state index >= 15 is 0 Å². The predicted molar refractivity (Wildman–Crippen MR) is 115 cm³/mol. The maximum absolute atomic E-state index is 5.97. The van der Waals surface area contributed by atoms with Crippen LogP contribution in [0, 0.1) is 12.3 Å². The molecular formula is C21H25N7O. The molecule has 0 spiro atoms. The Kier molecular flexibility index (Phi) is 4.16. The second-order valence-corrected chi connectivity index (χ2v) is 8.21. The maximum atomic E-state index is 5.97. The van der Waals surface area contributed by atoms with Gasteiger partial charge in [-0.05, 0) is 49.9 Å². The number of H-pyrrole nitrogens is 1. The van der Waals surface area contributed by atoms with E-state index in [1.165, 1.54) is 0 Å². The van der Waals surface area contributed by atoms with Gasteiger partial charge < -0.3 is 20.4 Å². The first kappa shape index (κ1) is 17.9. The van der Waals surface area contributed by atoms with Gasteiger partial charge in [-0.3, -0.25) is 5.10 Å². The summed E-state index contributed by atoms with van der Waals surface area (Å²) >= 11 is 0. The quantitative estimate of drug-likeness (QED) is 0.486. The summed E-state index contributed by atoms with van der Waals surface area (Å²) in [6, 6.07) is 7.93. The van der Waals surface area contributed by atoms with Crippen molar-refractivity contribution in [2.75, 3.05) is 29.9 Å². The van der Waals surface area contributed by atoms with Gasteiger partial charge in [0.15, 0.2) is 11.4 Å². The number of aromatic nitrogens is 4. The van der Waals surface area contributed by atoms with Crippen LogP contribution in [0.4, 0.5) is 17.5 Å². The van der Waals surface area contributed by atoms with Gasteiger partial charge in [-0.2, -0.15) is 10.1 Å². The van der Waals surface area contributed by atoms with E-state index in [4.69, 9.17) is 15.1 Å². The molecule has 150 valence electrons. The smallest absolute Gasteiger partial charge is 0.229 e. The van der Waals surface area contributed by atoms with Crippen molar-refractivity contribution in [2.45, 2.75) is 26.7 Å². The molecular weight excluding hydrogens is 366 g/mol. The molecule has 0 aliphatic carbocycles. The number of rotatable bonds is 4. The molecule has 0 saturated carbocycles. The van der Waals surface area contributed by atoms with Crippen LogP contribution in [0.2, 0.25) is 0 Å². The fraction of sp³-hybridized carbons (Fsp3) is 0.381. The fourth-order valence-corrected chi connectivity index (χ4v) is 3.93. The number of aromatic amines is 1. The number of anilines is 3. The summed E-state index contributed by atoms with van der Waals surface area (Å²) in [5, 5.41) is 11.8. The largest absolute Gasteiger partial charge is 0.459 e. The van der Waals surface area contributed by atoms with Gasteiger partial charge in [-0.1, -0.05) is 6.92 Å². The number of nitrogens with zero attached hydrogens (tertiary/aromatic N) is 4. The molecule has 29 heavy (non-hydrogen) atoms. The minimum absolute atomic E-state index is 0.198. The van der Waals surface area contributed by atoms with Gasteiger partial charge in [0, 0.05) is 35.9 Å². The Hall–Kier alpha value is -3.13. The molecule has 1 saturated heterocycles. The number of nitrogens with one attached hydrogen (secondary N) is 2. The Balaban J connectivity index is 1.47. The van der Waals surface area contributed by atoms with Gasteiger partial charge in [-0.25, -0.2) is 4.98 Å². The van der Waals surface area contributed by atoms with Crippen molar-refractivity contribution >= 4 is 39.5 Å². The minimum Gasteiger partial charge on any atom is -0.459 e. The van der Waals surface area contributed by atoms with Gasteiger partial charge in [0.1, 0.15) is 5.52 Å². The highest BCUT2D eigenvalue weighted by Gasteiger charge is 2.30. The molecule has 1 aliphatic heterocycles. The SMILES string of the molecule is Cc1[nH]nc2cc(Nc3nc(N4CCC(C)(CN)CC4)c4occc4n3)ccc12. The van der Waals surface area contributed by atoms with Crippen molar-refractivity contribution < 1.29 is 4.42 Å². The first-order chi connectivity index (χ1) is 14.0. The van der Waals surface area contributed by atoms with Crippen molar-refractivity contribution in [1.82, 2.24) is 20.2 Å². The summed E-state index contributed by atoms with van der Waals surface area (Å²) in [6.45, 7) is 6.78. The Morgan fingerprint density at radius 2 is 2.03 bits per heavy atom. The monoisotopic (exact) mass is 391 g/mol. The van der Waals surface area contributed by atoms with Gasteiger partial charge >= 0.3 is 0 Å². The molecule has 0 radical (unpaired) electrons. The molecule has 5 rings (SSSR count). The van der Waals surface area contributed by atoms with E-state index in [-0.39, 0.29) is 5.41 Å². The van der Waals surface area contributed by atoms with Crippen LogP contribution in [0.3, 0.4) is 0 Å². The minimum atomic E-state index is 0.198. The van der Waals surface area contributed by atoms with Crippen LogP contribution in [-0.2, 0) is 0 Å². The van der Waals surface area contributed by atoms with E-state index in [2.05, 4.69) is 32.3 Å². The maximum Gasteiger partial charge on any atom is 0.229 e. The number of nitrogens with two attached hydrogens (primary N) is 1. The molecule has 8 nitrogen and oxygen atoms in total. The number of furan rings is 1. The average Bonchev–Trinajstić information content (AvgIpc) is 3.35. The molecule has 1 aliphatic rings. The Morgan fingerprint density at radius 3 is 2.83 bits per heavy atom. The molecule has 4 N–H and O–H groups in total. The molecule has 0 unspecified atom stereocenters. The van der Waals surface area contributed by atoms with Crippen LogP contribution in [-0.4, -0.2) is 39.8 Å². The van der Waals surface area contributed by atoms with Crippen LogP contribution < -0.4 is 16.0 Å². The van der Waals surface area contributed by atoms with E-state index in [0.29, 0.717) is 12.5 Å². The number of aryl methyl sites for hydroxylation is 1. The highest BCUT2D eigenvalue weighted by molar-refractivity contribution is 5.87. The third-order valence-electron chi connectivity index (χ3n) is 6.05. The summed E-state index contributed by atoms with van der Waals surface area (Å²) in [7, 11) is 0. The first-order valence-electron chi connectivity index (χ1n) is 9.97. The van der Waals surface area contributed by atoms with Crippen molar-refractivity contribution in [2.24, 2.45) is 11.1 Å². The highest BCUT2D eigenvalue weighted by atomic mass is 16.3. The second kappa shape index (κ2) is 6.73. The summed E-state index contributed by atoms with van der Waals surface area (Å²) in [6.07, 6.45) is 3.74. The Labute approximate surface area is 168 Å². The molecule has 4 aromatic rings. The van der Waals surface area contributed by atoms with E-state index in [1.54, 1.807) is 6.26 Å². The molecule has 0 bridgehead atoms. The number of piperidine rings is 1. The standard InChI is InChI=1S/C21H25N7O/c1-13-15-4-3-14(11-17(15)27-26-13)23-20-24-16-5-10-29-18(16)19(25-20)28-8-6-21(2,12-22)7-9-28/h3-5,10-11H,6-9,12,22H2,1-2H3,(H,26,27)(H,23,24,25). The van der Waals surface area contributed by atoms with Crippen LogP contribution >= 0.6 is 0 Å². The number of fused-ring (bicyclic) bond motifs is 2. The normalized spacial score (nSPS) is 16.6. The topological polar surface area (TPSA) is 109 Å². The third kappa shape index (κ3) is 3.19. The lowest BCUT2D eigenvalue weighted by molar-refractivity contribution is 0.258. The predicted octanol–water partition coefficient (Wildman–Crippen LogP) is 3.72. The third-order valence-corrected chi connectivity index (χ3v) is 6.05. The fourth-order valence-electron chi connectivity index (χ4n) is 3.93. The van der Waals surface area contributed by atoms with Gasteiger partial charge in [0.25, 0.3) is 0 Å². The zero-order valence-corrected chi connectivity index (χ0v) is 16.7. The van der Waals surface area contributed by atoms with Crippen molar-refractivity contribution in [3.63, 3.8) is 0 Å². The molecule has 8 heteroatoms. The number of hydrogen-bond acceptors (Lipinski definition) is 7. The van der Waals surface area contributed by atoms with Crippen LogP contribution in [0.1, 0.15) is 25.5 Å². The number of benzene rings is 1. The average molecular weight is 391 g/mol. The zero-order chi connectivity index (χ0) is 20.0.